The molecule has 7 nitrogen and oxygen atoms in total. The minimum Gasteiger partial charge on any atom is -0.393 e. The summed E-state index contributed by atoms with van der Waals surface area (Å²) in [6.07, 6.45) is 3.04. The van der Waals surface area contributed by atoms with Gasteiger partial charge in [0.05, 0.1) is 17.6 Å². The Balaban J connectivity index is 1.68. The maximum absolute atomic E-state index is 12.7. The van der Waals surface area contributed by atoms with E-state index >= 15 is 0 Å². The summed E-state index contributed by atoms with van der Waals surface area (Å²) >= 11 is 0. The van der Waals surface area contributed by atoms with Crippen molar-refractivity contribution in [1.29, 1.82) is 0 Å². The Morgan fingerprint density at radius 2 is 2.25 bits per heavy atom. The third kappa shape index (κ3) is 3.42. The summed E-state index contributed by atoms with van der Waals surface area (Å²) in [5, 5.41) is 20.5. The molecule has 1 fully saturated rings. The van der Waals surface area contributed by atoms with Gasteiger partial charge in [-0.25, -0.2) is 0 Å². The number of rotatable bonds is 5. The van der Waals surface area contributed by atoms with Gasteiger partial charge in [-0.05, 0) is 50.8 Å². The Labute approximate surface area is 141 Å². The summed E-state index contributed by atoms with van der Waals surface area (Å²) in [5.74, 6) is 0.0279. The highest BCUT2D eigenvalue weighted by molar-refractivity contribution is 5.97. The number of nitro groups is 1. The molecular weight excluding hydrogens is 310 g/mol. The first-order valence-electron chi connectivity index (χ1n) is 8.45. The highest BCUT2D eigenvalue weighted by Gasteiger charge is 2.31. The lowest BCUT2D eigenvalue weighted by molar-refractivity contribution is -0.384. The number of non-ortho nitro benzene ring substituents is 1. The van der Waals surface area contributed by atoms with Gasteiger partial charge in [0.1, 0.15) is 0 Å². The molecule has 0 aliphatic carbocycles. The summed E-state index contributed by atoms with van der Waals surface area (Å²) in [6, 6.07) is 4.95. The highest BCUT2D eigenvalue weighted by atomic mass is 16.6. The zero-order chi connectivity index (χ0) is 17.3. The van der Waals surface area contributed by atoms with Crippen LogP contribution in [-0.4, -0.2) is 52.6 Å². The number of aliphatic hydroxyl groups is 1. The number of benzene rings is 1. The monoisotopic (exact) mass is 333 g/mol. The van der Waals surface area contributed by atoms with Gasteiger partial charge in [-0.2, -0.15) is 0 Å². The Morgan fingerprint density at radius 1 is 1.46 bits per heavy atom. The van der Waals surface area contributed by atoms with E-state index in [0.717, 1.165) is 30.6 Å². The number of nitro benzene ring substituents is 1. The standard InChI is InChI=1S/C17H23N3O4/c1-12(21)9-14-3-2-7-18(14)11-17(22)19-8-6-13-10-15(20(23)24)4-5-16(13)19/h4-5,10,12,14,21H,2-3,6-9,11H2,1H3. The van der Waals surface area contributed by atoms with E-state index in [0.29, 0.717) is 25.9 Å². The Morgan fingerprint density at radius 3 is 2.96 bits per heavy atom. The number of amides is 1. The summed E-state index contributed by atoms with van der Waals surface area (Å²) in [6.45, 7) is 3.57. The number of nitrogens with zero attached hydrogens (tertiary/aromatic N) is 3. The fourth-order valence-electron chi connectivity index (χ4n) is 3.78. The molecule has 0 saturated carbocycles. The number of aliphatic hydroxyl groups excluding tert-OH is 1. The molecule has 0 aromatic heterocycles. The van der Waals surface area contributed by atoms with E-state index in [1.807, 2.05) is 0 Å². The first-order valence-corrected chi connectivity index (χ1v) is 8.45. The maximum Gasteiger partial charge on any atom is 0.269 e. The van der Waals surface area contributed by atoms with E-state index in [2.05, 4.69) is 4.90 Å². The molecule has 1 saturated heterocycles. The second-order valence-electron chi connectivity index (χ2n) is 6.72. The second-order valence-corrected chi connectivity index (χ2v) is 6.72. The Bertz CT molecular complexity index is 647. The molecule has 1 aromatic rings. The summed E-state index contributed by atoms with van der Waals surface area (Å²) in [7, 11) is 0. The van der Waals surface area contributed by atoms with Crippen molar-refractivity contribution in [3.63, 3.8) is 0 Å². The molecule has 0 spiro atoms. The van der Waals surface area contributed by atoms with E-state index in [1.54, 1.807) is 24.0 Å². The van der Waals surface area contributed by atoms with Gasteiger partial charge in [-0.3, -0.25) is 19.8 Å². The van der Waals surface area contributed by atoms with Gasteiger partial charge in [0.2, 0.25) is 5.91 Å². The topological polar surface area (TPSA) is 86.9 Å². The lowest BCUT2D eigenvalue weighted by Crippen LogP contribution is -2.42. The fraction of sp³-hybridized carbons (Fsp3) is 0.588. The van der Waals surface area contributed by atoms with E-state index in [-0.39, 0.29) is 23.7 Å². The smallest absolute Gasteiger partial charge is 0.269 e. The summed E-state index contributed by atoms with van der Waals surface area (Å²) in [5.41, 5.74) is 1.72. The van der Waals surface area contributed by atoms with Crippen molar-refractivity contribution in [2.75, 3.05) is 24.5 Å². The lowest BCUT2D eigenvalue weighted by Gasteiger charge is -2.27. The van der Waals surface area contributed by atoms with Gasteiger partial charge in [-0.15, -0.1) is 0 Å². The van der Waals surface area contributed by atoms with Crippen LogP contribution in [0, 0.1) is 10.1 Å². The molecule has 2 aliphatic heterocycles. The quantitative estimate of drug-likeness (QED) is 0.655. The number of anilines is 1. The van der Waals surface area contributed by atoms with Gasteiger partial charge < -0.3 is 10.0 Å². The van der Waals surface area contributed by atoms with Crippen molar-refractivity contribution in [1.82, 2.24) is 4.90 Å². The first-order chi connectivity index (χ1) is 11.5. The van der Waals surface area contributed by atoms with Crippen molar-refractivity contribution in [3.8, 4) is 0 Å². The van der Waals surface area contributed by atoms with E-state index in [9.17, 15) is 20.0 Å². The molecule has 2 atom stereocenters. The summed E-state index contributed by atoms with van der Waals surface area (Å²) in [4.78, 5) is 27.0. The predicted molar refractivity (Wildman–Crippen MR) is 90.0 cm³/mol. The van der Waals surface area contributed by atoms with Crippen LogP contribution < -0.4 is 4.90 Å². The van der Waals surface area contributed by atoms with Gasteiger partial charge in [0, 0.05) is 30.4 Å². The predicted octanol–water partition coefficient (Wildman–Crippen LogP) is 1.72. The number of fused-ring (bicyclic) bond motifs is 1. The first kappa shape index (κ1) is 16.9. The van der Waals surface area contributed by atoms with Crippen molar-refractivity contribution >= 4 is 17.3 Å². The maximum atomic E-state index is 12.7. The number of carbonyl (C=O) groups is 1. The number of carbonyl (C=O) groups excluding carboxylic acids is 1. The van der Waals surface area contributed by atoms with Crippen LogP contribution in [0.4, 0.5) is 11.4 Å². The molecule has 1 N–H and O–H groups in total. The molecule has 0 radical (unpaired) electrons. The normalized spacial score (nSPS) is 21.8. The molecule has 7 heteroatoms. The van der Waals surface area contributed by atoms with Crippen molar-refractivity contribution in [3.05, 3.63) is 33.9 Å². The van der Waals surface area contributed by atoms with Gasteiger partial charge in [-0.1, -0.05) is 0 Å². The number of hydrogen-bond donors (Lipinski definition) is 1. The zero-order valence-corrected chi connectivity index (χ0v) is 13.9. The Kier molecular flexibility index (Phi) is 4.82. The SMILES string of the molecule is CC(O)CC1CCCN1CC(=O)N1CCc2cc([N+](=O)[O-])ccc21. The highest BCUT2D eigenvalue weighted by Crippen LogP contribution is 2.32. The van der Waals surface area contributed by atoms with Crippen LogP contribution in [0.5, 0.6) is 0 Å². The van der Waals surface area contributed by atoms with Crippen LogP contribution in [0.2, 0.25) is 0 Å². The molecule has 3 rings (SSSR count). The molecule has 2 unspecified atom stereocenters. The fourth-order valence-corrected chi connectivity index (χ4v) is 3.78. The average Bonchev–Trinajstić information content (AvgIpc) is 3.13. The minimum absolute atomic E-state index is 0.0279. The molecule has 0 bridgehead atoms. The molecule has 1 amide bonds. The van der Waals surface area contributed by atoms with Gasteiger partial charge in [0.15, 0.2) is 0 Å². The molecule has 2 heterocycles. The van der Waals surface area contributed by atoms with Crippen LogP contribution in [-0.2, 0) is 11.2 Å². The van der Waals surface area contributed by atoms with Crippen molar-refractivity contribution in [2.45, 2.75) is 44.8 Å². The Hall–Kier alpha value is -1.99. The van der Waals surface area contributed by atoms with Crippen molar-refractivity contribution < 1.29 is 14.8 Å². The molecule has 130 valence electrons. The van der Waals surface area contributed by atoms with Gasteiger partial charge >= 0.3 is 0 Å². The van der Waals surface area contributed by atoms with Crippen LogP contribution in [0.3, 0.4) is 0 Å². The van der Waals surface area contributed by atoms with E-state index in [1.165, 1.54) is 6.07 Å². The third-order valence-corrected chi connectivity index (χ3v) is 4.92. The molecule has 2 aliphatic rings. The largest absolute Gasteiger partial charge is 0.393 e. The minimum atomic E-state index is -0.407. The van der Waals surface area contributed by atoms with Crippen LogP contribution in [0.15, 0.2) is 18.2 Å². The molecule has 1 aromatic carbocycles. The number of hydrogen-bond acceptors (Lipinski definition) is 5. The van der Waals surface area contributed by atoms with E-state index < -0.39 is 4.92 Å². The zero-order valence-electron chi connectivity index (χ0n) is 13.9. The van der Waals surface area contributed by atoms with Crippen LogP contribution in [0.25, 0.3) is 0 Å². The van der Waals surface area contributed by atoms with Crippen molar-refractivity contribution in [2.24, 2.45) is 0 Å². The van der Waals surface area contributed by atoms with Crippen LogP contribution >= 0.6 is 0 Å². The summed E-state index contributed by atoms with van der Waals surface area (Å²) < 4.78 is 0. The van der Waals surface area contributed by atoms with E-state index in [4.69, 9.17) is 0 Å². The molecule has 24 heavy (non-hydrogen) atoms. The number of likely N-dealkylation sites (tertiary alicyclic amines) is 1. The average molecular weight is 333 g/mol. The molecular formula is C17H23N3O4. The second kappa shape index (κ2) is 6.86. The van der Waals surface area contributed by atoms with Crippen LogP contribution in [0.1, 0.15) is 31.7 Å². The lowest BCUT2D eigenvalue weighted by atomic mass is 10.1. The third-order valence-electron chi connectivity index (χ3n) is 4.92. The van der Waals surface area contributed by atoms with Gasteiger partial charge in [0.25, 0.3) is 5.69 Å².